The minimum absolute atomic E-state index is 0.0877. The smallest absolute Gasteiger partial charge is 0.161 e. The second kappa shape index (κ2) is 4.30. The first kappa shape index (κ1) is 9.97. The Morgan fingerprint density at radius 1 is 1.27 bits per heavy atom. The van der Waals surface area contributed by atoms with Crippen molar-refractivity contribution in [2.75, 3.05) is 0 Å². The Kier molecular flexibility index (Phi) is 2.86. The highest BCUT2D eigenvalue weighted by molar-refractivity contribution is 5.96. The lowest BCUT2D eigenvalue weighted by molar-refractivity contribution is -0.116. The number of hydrogen-bond donors (Lipinski definition) is 1. The van der Waals surface area contributed by atoms with Gasteiger partial charge in [-0.25, -0.2) is 0 Å². The van der Waals surface area contributed by atoms with Crippen molar-refractivity contribution in [2.45, 2.75) is 25.2 Å². The topological polar surface area (TPSA) is 37.3 Å². The third-order valence-corrected chi connectivity index (χ3v) is 2.97. The van der Waals surface area contributed by atoms with Crippen molar-refractivity contribution in [3.63, 3.8) is 0 Å². The van der Waals surface area contributed by atoms with Gasteiger partial charge in [-0.3, -0.25) is 4.79 Å². The molecule has 0 bridgehead atoms. The highest BCUT2D eigenvalue weighted by atomic mass is 16.2. The first-order valence-corrected chi connectivity index (χ1v) is 5.22. The zero-order chi connectivity index (χ0) is 10.7. The molecule has 0 radical (unpaired) electrons. The van der Waals surface area contributed by atoms with Crippen LogP contribution in [0.25, 0.3) is 0 Å². The number of carbonyl (C=O) groups excluding carboxylic acids is 1. The molecule has 0 amide bonds. The van der Waals surface area contributed by atoms with Gasteiger partial charge in [-0.15, -0.1) is 0 Å². The Balaban J connectivity index is 2.17. The molecule has 1 aliphatic rings. The number of rotatable bonds is 1. The van der Waals surface area contributed by atoms with Gasteiger partial charge in [0.25, 0.3) is 0 Å². The maximum Gasteiger partial charge on any atom is 0.161 e. The van der Waals surface area contributed by atoms with Crippen molar-refractivity contribution in [1.29, 1.82) is 0 Å². The van der Waals surface area contributed by atoms with E-state index in [-0.39, 0.29) is 5.78 Å². The van der Waals surface area contributed by atoms with E-state index in [1.807, 2.05) is 18.2 Å². The Morgan fingerprint density at radius 2 is 2.00 bits per heavy atom. The molecule has 1 unspecified atom stereocenters. The molecule has 2 rings (SSSR count). The van der Waals surface area contributed by atoms with Crippen LogP contribution in [0.2, 0.25) is 0 Å². The van der Waals surface area contributed by atoms with Crippen LogP contribution in [0.3, 0.4) is 0 Å². The van der Waals surface area contributed by atoms with Gasteiger partial charge in [-0.05, 0) is 24.3 Å². The quantitative estimate of drug-likeness (QED) is 0.561. The summed E-state index contributed by atoms with van der Waals surface area (Å²) in [5.41, 5.74) is 1.82. The van der Waals surface area contributed by atoms with Gasteiger partial charge < -0.3 is 5.11 Å². The number of benzene rings is 1. The van der Waals surface area contributed by atoms with Crippen molar-refractivity contribution in [3.05, 3.63) is 47.7 Å². The molecule has 2 heteroatoms. The summed E-state index contributed by atoms with van der Waals surface area (Å²) in [6, 6.07) is 10.2. The Morgan fingerprint density at radius 3 is 2.67 bits per heavy atom. The molecule has 78 valence electrons. The standard InChI is InChI=1S/C13H14O2/c14-9-12-8-11(6-7-13(12)15)10-4-2-1-3-5-10/h1-5,9,11,14H,6-8H2/b12-9+. The summed E-state index contributed by atoms with van der Waals surface area (Å²) >= 11 is 0. The first-order valence-electron chi connectivity index (χ1n) is 5.22. The molecule has 0 spiro atoms. The SMILES string of the molecule is O=C1CCC(c2ccccc2)C/C1=C\O. The predicted octanol–water partition coefficient (Wildman–Crippen LogP) is 2.97. The molecule has 0 heterocycles. The molecule has 1 fully saturated rings. The van der Waals surface area contributed by atoms with Crippen LogP contribution in [0.4, 0.5) is 0 Å². The molecule has 2 nitrogen and oxygen atoms in total. The summed E-state index contributed by atoms with van der Waals surface area (Å²) in [6.45, 7) is 0. The Hall–Kier alpha value is -1.57. The summed E-state index contributed by atoms with van der Waals surface area (Å²) in [7, 11) is 0. The largest absolute Gasteiger partial charge is 0.515 e. The number of aliphatic hydroxyl groups excluding tert-OH is 1. The van der Waals surface area contributed by atoms with Crippen LogP contribution < -0.4 is 0 Å². The number of carbonyl (C=O) groups is 1. The molecule has 0 aliphatic heterocycles. The van der Waals surface area contributed by atoms with E-state index in [2.05, 4.69) is 12.1 Å². The lowest BCUT2D eigenvalue weighted by Gasteiger charge is -2.22. The fraction of sp³-hybridized carbons (Fsp3) is 0.308. The zero-order valence-electron chi connectivity index (χ0n) is 8.52. The molecule has 1 aromatic rings. The summed E-state index contributed by atoms with van der Waals surface area (Å²) in [5, 5.41) is 8.94. The summed E-state index contributed by atoms with van der Waals surface area (Å²) in [4.78, 5) is 11.4. The van der Waals surface area contributed by atoms with E-state index < -0.39 is 0 Å². The average Bonchev–Trinajstić information content (AvgIpc) is 2.31. The highest BCUT2D eigenvalue weighted by Crippen LogP contribution is 2.33. The van der Waals surface area contributed by atoms with Crippen LogP contribution in [-0.2, 0) is 4.79 Å². The molecule has 0 saturated heterocycles. The minimum Gasteiger partial charge on any atom is -0.515 e. The molecular weight excluding hydrogens is 188 g/mol. The second-order valence-corrected chi connectivity index (χ2v) is 3.93. The summed E-state index contributed by atoms with van der Waals surface area (Å²) < 4.78 is 0. The van der Waals surface area contributed by atoms with E-state index in [9.17, 15) is 4.79 Å². The van der Waals surface area contributed by atoms with Crippen LogP contribution in [0, 0.1) is 0 Å². The molecule has 15 heavy (non-hydrogen) atoms. The van der Waals surface area contributed by atoms with Gasteiger partial charge >= 0.3 is 0 Å². The highest BCUT2D eigenvalue weighted by Gasteiger charge is 2.24. The van der Waals surface area contributed by atoms with Crippen LogP contribution >= 0.6 is 0 Å². The van der Waals surface area contributed by atoms with Crippen molar-refractivity contribution < 1.29 is 9.90 Å². The van der Waals surface area contributed by atoms with Gasteiger partial charge in [0.1, 0.15) is 0 Å². The maximum absolute atomic E-state index is 11.4. The molecule has 1 atom stereocenters. The van der Waals surface area contributed by atoms with Crippen LogP contribution in [-0.4, -0.2) is 10.9 Å². The molecule has 1 saturated carbocycles. The van der Waals surface area contributed by atoms with Gasteiger partial charge in [0.05, 0.1) is 6.26 Å². The predicted molar refractivity (Wildman–Crippen MR) is 58.8 cm³/mol. The van der Waals surface area contributed by atoms with Crippen molar-refractivity contribution >= 4 is 5.78 Å². The van der Waals surface area contributed by atoms with Gasteiger partial charge in [0.2, 0.25) is 0 Å². The van der Waals surface area contributed by atoms with Gasteiger partial charge in [-0.2, -0.15) is 0 Å². The van der Waals surface area contributed by atoms with Crippen LogP contribution in [0.1, 0.15) is 30.7 Å². The van der Waals surface area contributed by atoms with Gasteiger partial charge in [0.15, 0.2) is 5.78 Å². The first-order chi connectivity index (χ1) is 7.31. The number of ketones is 1. The van der Waals surface area contributed by atoms with Crippen molar-refractivity contribution in [3.8, 4) is 0 Å². The van der Waals surface area contributed by atoms with E-state index in [1.165, 1.54) is 5.56 Å². The monoisotopic (exact) mass is 202 g/mol. The average molecular weight is 202 g/mol. The van der Waals surface area contributed by atoms with E-state index >= 15 is 0 Å². The van der Waals surface area contributed by atoms with Gasteiger partial charge in [0, 0.05) is 12.0 Å². The third kappa shape index (κ3) is 2.09. The lowest BCUT2D eigenvalue weighted by Crippen LogP contribution is -2.15. The normalized spacial score (nSPS) is 24.4. The summed E-state index contributed by atoms with van der Waals surface area (Å²) in [6.07, 6.45) is 3.07. The van der Waals surface area contributed by atoms with Gasteiger partial charge in [-0.1, -0.05) is 30.3 Å². The molecule has 1 aromatic carbocycles. The number of hydrogen-bond acceptors (Lipinski definition) is 2. The Bertz CT molecular complexity index is 379. The van der Waals surface area contributed by atoms with E-state index in [0.29, 0.717) is 24.3 Å². The third-order valence-electron chi connectivity index (χ3n) is 2.97. The number of aliphatic hydroxyl groups is 1. The molecule has 1 aliphatic carbocycles. The molecule has 1 N–H and O–H groups in total. The van der Waals surface area contributed by atoms with E-state index in [0.717, 1.165) is 12.7 Å². The zero-order valence-corrected chi connectivity index (χ0v) is 8.52. The van der Waals surface area contributed by atoms with Crippen LogP contribution in [0.15, 0.2) is 42.2 Å². The summed E-state index contributed by atoms with van der Waals surface area (Å²) in [5.74, 6) is 0.465. The number of Topliss-reactive ketones (excluding diaryl/α,β-unsaturated/α-hetero) is 1. The molecular formula is C13H14O2. The Labute approximate surface area is 89.2 Å². The van der Waals surface area contributed by atoms with E-state index in [4.69, 9.17) is 5.11 Å². The van der Waals surface area contributed by atoms with Crippen molar-refractivity contribution in [1.82, 2.24) is 0 Å². The molecule has 0 aromatic heterocycles. The van der Waals surface area contributed by atoms with Crippen LogP contribution in [0.5, 0.6) is 0 Å². The fourth-order valence-corrected chi connectivity index (χ4v) is 2.08. The fourth-order valence-electron chi connectivity index (χ4n) is 2.08. The minimum atomic E-state index is 0.0877. The lowest BCUT2D eigenvalue weighted by atomic mass is 9.81. The maximum atomic E-state index is 11.4. The number of allylic oxidation sites excluding steroid dienone is 1. The van der Waals surface area contributed by atoms with Crippen molar-refractivity contribution in [2.24, 2.45) is 0 Å². The second-order valence-electron chi connectivity index (χ2n) is 3.93. The van der Waals surface area contributed by atoms with E-state index in [1.54, 1.807) is 0 Å².